The van der Waals surface area contributed by atoms with Gasteiger partial charge in [0.2, 0.25) is 0 Å². The molecule has 2 aromatic carbocycles. The van der Waals surface area contributed by atoms with Gasteiger partial charge in [0, 0.05) is 28.1 Å². The van der Waals surface area contributed by atoms with E-state index in [4.69, 9.17) is 37.4 Å². The zero-order valence-corrected chi connectivity index (χ0v) is 21.8. The minimum atomic E-state index is -0.671. The SMILES string of the molecule is CC(=O)OCCOCCN1C(=O)C(C#N)=C(C)/C(=C\c2ccc(OCc3ccc(Cl)cc3Cl)cc2)C1=O. The lowest BCUT2D eigenvalue weighted by molar-refractivity contribution is -0.142. The van der Waals surface area contributed by atoms with Crippen molar-refractivity contribution in [2.75, 3.05) is 26.4 Å². The molecule has 10 heteroatoms. The fraction of sp³-hybridized carbons (Fsp3) is 0.259. The van der Waals surface area contributed by atoms with E-state index in [9.17, 15) is 19.6 Å². The van der Waals surface area contributed by atoms with Crippen molar-refractivity contribution in [1.82, 2.24) is 4.90 Å². The highest BCUT2D eigenvalue weighted by Gasteiger charge is 2.35. The number of halogens is 2. The van der Waals surface area contributed by atoms with Gasteiger partial charge < -0.3 is 14.2 Å². The molecule has 0 aromatic heterocycles. The highest BCUT2D eigenvalue weighted by Crippen LogP contribution is 2.28. The van der Waals surface area contributed by atoms with Crippen LogP contribution in [0.4, 0.5) is 0 Å². The molecular formula is C27H24Cl2N2O6. The summed E-state index contributed by atoms with van der Waals surface area (Å²) in [5, 5.41) is 10.6. The molecular weight excluding hydrogens is 519 g/mol. The maximum atomic E-state index is 13.1. The van der Waals surface area contributed by atoms with E-state index in [2.05, 4.69) is 0 Å². The van der Waals surface area contributed by atoms with Crippen LogP contribution in [-0.4, -0.2) is 49.0 Å². The van der Waals surface area contributed by atoms with Crippen LogP contribution in [-0.2, 0) is 30.5 Å². The van der Waals surface area contributed by atoms with Crippen LogP contribution in [0.15, 0.2) is 59.2 Å². The van der Waals surface area contributed by atoms with E-state index in [1.54, 1.807) is 55.5 Å². The second-order valence-electron chi connectivity index (χ2n) is 7.98. The van der Waals surface area contributed by atoms with Crippen molar-refractivity contribution in [3.8, 4) is 11.8 Å². The summed E-state index contributed by atoms with van der Waals surface area (Å²) < 4.78 is 15.9. The van der Waals surface area contributed by atoms with Crippen LogP contribution < -0.4 is 4.74 Å². The summed E-state index contributed by atoms with van der Waals surface area (Å²) in [7, 11) is 0. The van der Waals surface area contributed by atoms with Crippen LogP contribution in [0.5, 0.6) is 5.75 Å². The van der Waals surface area contributed by atoms with Gasteiger partial charge in [-0.1, -0.05) is 41.4 Å². The zero-order valence-electron chi connectivity index (χ0n) is 20.3. The molecule has 2 aromatic rings. The number of imide groups is 1. The van der Waals surface area contributed by atoms with Crippen LogP contribution in [0, 0.1) is 11.3 Å². The van der Waals surface area contributed by atoms with Crippen molar-refractivity contribution in [3.63, 3.8) is 0 Å². The molecule has 0 radical (unpaired) electrons. The smallest absolute Gasteiger partial charge is 0.302 e. The number of hydrogen-bond donors (Lipinski definition) is 0. The predicted molar refractivity (Wildman–Crippen MR) is 138 cm³/mol. The first-order chi connectivity index (χ1) is 17.7. The van der Waals surface area contributed by atoms with Gasteiger partial charge >= 0.3 is 5.97 Å². The van der Waals surface area contributed by atoms with E-state index in [0.717, 1.165) is 10.5 Å². The lowest BCUT2D eigenvalue weighted by atomic mass is 9.93. The number of benzene rings is 2. The van der Waals surface area contributed by atoms with Gasteiger partial charge in [0.25, 0.3) is 11.8 Å². The number of carbonyl (C=O) groups excluding carboxylic acids is 3. The Labute approximate surface area is 224 Å². The quantitative estimate of drug-likeness (QED) is 0.184. The molecule has 0 bridgehead atoms. The number of esters is 1. The summed E-state index contributed by atoms with van der Waals surface area (Å²) in [6.07, 6.45) is 1.62. The molecule has 37 heavy (non-hydrogen) atoms. The number of carbonyl (C=O) groups is 3. The zero-order chi connectivity index (χ0) is 26.9. The minimum absolute atomic E-state index is 0.0352. The third-order valence-electron chi connectivity index (χ3n) is 5.42. The van der Waals surface area contributed by atoms with Crippen LogP contribution in [0.2, 0.25) is 10.0 Å². The largest absolute Gasteiger partial charge is 0.489 e. The molecule has 192 valence electrons. The summed E-state index contributed by atoms with van der Waals surface area (Å²) in [4.78, 5) is 37.6. The van der Waals surface area contributed by atoms with E-state index in [1.807, 2.05) is 6.07 Å². The summed E-state index contributed by atoms with van der Waals surface area (Å²) in [6.45, 7) is 3.28. The summed E-state index contributed by atoms with van der Waals surface area (Å²) >= 11 is 12.1. The van der Waals surface area contributed by atoms with Gasteiger partial charge in [-0.05, 0) is 48.4 Å². The lowest BCUT2D eigenvalue weighted by Crippen LogP contribution is -2.44. The van der Waals surface area contributed by atoms with Crippen molar-refractivity contribution in [2.45, 2.75) is 20.5 Å². The Morgan fingerprint density at radius 2 is 1.78 bits per heavy atom. The van der Waals surface area contributed by atoms with Gasteiger partial charge in [-0.15, -0.1) is 0 Å². The number of amides is 2. The maximum Gasteiger partial charge on any atom is 0.302 e. The molecule has 1 aliphatic heterocycles. The van der Waals surface area contributed by atoms with E-state index in [1.165, 1.54) is 6.92 Å². The summed E-state index contributed by atoms with van der Waals surface area (Å²) in [5.41, 5.74) is 1.91. The molecule has 2 amide bonds. The van der Waals surface area contributed by atoms with E-state index < -0.39 is 17.8 Å². The van der Waals surface area contributed by atoms with Gasteiger partial charge in [-0.3, -0.25) is 19.3 Å². The molecule has 0 unspecified atom stereocenters. The molecule has 0 N–H and O–H groups in total. The number of ether oxygens (including phenoxy) is 3. The second-order valence-corrected chi connectivity index (χ2v) is 8.82. The van der Waals surface area contributed by atoms with E-state index >= 15 is 0 Å². The number of rotatable bonds is 10. The highest BCUT2D eigenvalue weighted by molar-refractivity contribution is 6.35. The third kappa shape index (κ3) is 7.43. The Bertz CT molecular complexity index is 1290. The first-order valence-electron chi connectivity index (χ1n) is 11.3. The maximum absolute atomic E-state index is 13.1. The first kappa shape index (κ1) is 27.9. The molecule has 3 rings (SSSR count). The standard InChI is InChI=1S/C27H24Cl2N2O6/c1-17-23(26(33)31(27(34)24(17)15-30)9-10-35-11-12-36-18(2)32)13-19-3-7-22(8-4-19)37-16-20-5-6-21(28)14-25(20)29/h3-8,13-14H,9-12,16H2,1-2H3/b23-13+. The molecule has 0 aliphatic carbocycles. The summed E-state index contributed by atoms with van der Waals surface area (Å²) in [5.74, 6) is -1.03. The Kier molecular flexibility index (Phi) is 9.86. The molecule has 0 saturated carbocycles. The monoisotopic (exact) mass is 542 g/mol. The molecule has 1 heterocycles. The average molecular weight is 543 g/mol. The fourth-order valence-corrected chi connectivity index (χ4v) is 3.92. The van der Waals surface area contributed by atoms with Crippen LogP contribution in [0.3, 0.4) is 0 Å². The van der Waals surface area contributed by atoms with Crippen molar-refractivity contribution in [1.29, 1.82) is 5.26 Å². The van der Waals surface area contributed by atoms with Crippen molar-refractivity contribution in [3.05, 3.63) is 80.4 Å². The predicted octanol–water partition coefficient (Wildman–Crippen LogP) is 4.74. The summed E-state index contributed by atoms with van der Waals surface area (Å²) in [6, 6.07) is 14.1. The normalized spacial score (nSPS) is 14.7. The molecule has 0 atom stereocenters. The third-order valence-corrected chi connectivity index (χ3v) is 6.01. The highest BCUT2D eigenvalue weighted by atomic mass is 35.5. The fourth-order valence-electron chi connectivity index (χ4n) is 3.46. The van der Waals surface area contributed by atoms with Crippen LogP contribution >= 0.6 is 23.2 Å². The van der Waals surface area contributed by atoms with Gasteiger partial charge in [-0.2, -0.15) is 5.26 Å². The Morgan fingerprint density at radius 3 is 2.43 bits per heavy atom. The molecule has 0 fully saturated rings. The molecule has 0 spiro atoms. The molecule has 1 aliphatic rings. The number of nitriles is 1. The average Bonchev–Trinajstić information content (AvgIpc) is 2.86. The van der Waals surface area contributed by atoms with E-state index in [-0.39, 0.29) is 44.1 Å². The minimum Gasteiger partial charge on any atom is -0.489 e. The topological polar surface area (TPSA) is 106 Å². The molecule has 0 saturated heterocycles. The van der Waals surface area contributed by atoms with E-state index in [0.29, 0.717) is 26.9 Å². The molecule has 8 nitrogen and oxygen atoms in total. The van der Waals surface area contributed by atoms with Crippen LogP contribution in [0.25, 0.3) is 6.08 Å². The number of hydrogen-bond acceptors (Lipinski definition) is 7. The van der Waals surface area contributed by atoms with Gasteiger partial charge in [0.15, 0.2) is 0 Å². The lowest BCUT2D eigenvalue weighted by Gasteiger charge is -2.27. The van der Waals surface area contributed by atoms with Gasteiger partial charge in [-0.25, -0.2) is 0 Å². The first-order valence-corrected chi connectivity index (χ1v) is 12.0. The van der Waals surface area contributed by atoms with Crippen LogP contribution in [0.1, 0.15) is 25.0 Å². The Balaban J connectivity index is 1.70. The van der Waals surface area contributed by atoms with Crippen molar-refractivity contribution < 1.29 is 28.6 Å². The second kappa shape index (κ2) is 13.1. The van der Waals surface area contributed by atoms with Crippen molar-refractivity contribution >= 4 is 47.1 Å². The van der Waals surface area contributed by atoms with Gasteiger partial charge in [0.05, 0.1) is 19.8 Å². The Hall–Kier alpha value is -3.64. The van der Waals surface area contributed by atoms with Crippen molar-refractivity contribution in [2.24, 2.45) is 0 Å². The Morgan fingerprint density at radius 1 is 1.05 bits per heavy atom. The number of nitrogens with zero attached hydrogens (tertiary/aromatic N) is 2. The van der Waals surface area contributed by atoms with Gasteiger partial charge in [0.1, 0.15) is 30.6 Å².